The van der Waals surface area contributed by atoms with Gasteiger partial charge >= 0.3 is 5.97 Å². The molecule has 1 heterocycles. The Labute approximate surface area is 128 Å². The third-order valence-corrected chi connectivity index (χ3v) is 5.96. The van der Waals surface area contributed by atoms with Crippen LogP contribution in [-0.2, 0) is 4.79 Å². The number of aliphatic carboxylic acids is 1. The van der Waals surface area contributed by atoms with Gasteiger partial charge < -0.3 is 10.4 Å². The third-order valence-electron chi connectivity index (χ3n) is 5.96. The lowest BCUT2D eigenvalue weighted by Gasteiger charge is -2.38. The fourth-order valence-corrected chi connectivity index (χ4v) is 4.78. The molecule has 4 nitrogen and oxygen atoms in total. The van der Waals surface area contributed by atoms with Crippen LogP contribution in [0.4, 0.5) is 0 Å². The van der Waals surface area contributed by atoms with Crippen molar-refractivity contribution >= 4 is 5.97 Å². The molecule has 0 bridgehead atoms. The summed E-state index contributed by atoms with van der Waals surface area (Å²) in [7, 11) is 0. The van der Waals surface area contributed by atoms with Crippen molar-refractivity contribution < 1.29 is 9.90 Å². The summed E-state index contributed by atoms with van der Waals surface area (Å²) in [5.41, 5.74) is -0.698. The Balaban J connectivity index is 1.73. The monoisotopic (exact) mass is 294 g/mol. The number of nitrogens with one attached hydrogen (secondary N) is 1. The highest BCUT2D eigenvalue weighted by Crippen LogP contribution is 2.43. The molecule has 0 aromatic rings. The zero-order chi connectivity index (χ0) is 14.9. The largest absolute Gasteiger partial charge is 0.480 e. The standard InChI is InChI=1S/C17H30N2O2/c1-2-18-17(16(20)21,14-9-10-14)12-19-11-5-8-15(19)13-6-3-4-7-13/h13-15,18H,2-12H2,1H3,(H,20,21). The van der Waals surface area contributed by atoms with Gasteiger partial charge in [-0.25, -0.2) is 0 Å². The fraction of sp³-hybridized carbons (Fsp3) is 0.941. The zero-order valence-electron chi connectivity index (χ0n) is 13.3. The highest BCUT2D eigenvalue weighted by atomic mass is 16.4. The zero-order valence-corrected chi connectivity index (χ0v) is 13.3. The van der Waals surface area contributed by atoms with Gasteiger partial charge in [0, 0.05) is 12.6 Å². The molecule has 2 unspecified atom stereocenters. The Hall–Kier alpha value is -0.610. The Morgan fingerprint density at radius 3 is 2.48 bits per heavy atom. The van der Waals surface area contributed by atoms with Crippen molar-refractivity contribution in [3.05, 3.63) is 0 Å². The summed E-state index contributed by atoms with van der Waals surface area (Å²) in [6.07, 6.45) is 10.1. The molecule has 120 valence electrons. The van der Waals surface area contributed by atoms with Gasteiger partial charge in [0.2, 0.25) is 0 Å². The number of likely N-dealkylation sites (tertiary alicyclic amines) is 1. The van der Waals surface area contributed by atoms with E-state index in [4.69, 9.17) is 0 Å². The second kappa shape index (κ2) is 6.25. The number of likely N-dealkylation sites (N-methyl/N-ethyl adjacent to an activating group) is 1. The molecule has 1 saturated heterocycles. The van der Waals surface area contributed by atoms with Crippen molar-refractivity contribution in [2.75, 3.05) is 19.6 Å². The van der Waals surface area contributed by atoms with Gasteiger partial charge in [0.1, 0.15) is 5.54 Å². The van der Waals surface area contributed by atoms with Crippen LogP contribution in [0, 0.1) is 11.8 Å². The molecule has 4 heteroatoms. The van der Waals surface area contributed by atoms with Crippen molar-refractivity contribution in [2.24, 2.45) is 11.8 Å². The first-order valence-electron chi connectivity index (χ1n) is 8.90. The maximum absolute atomic E-state index is 12.0. The molecule has 3 fully saturated rings. The van der Waals surface area contributed by atoms with Crippen LogP contribution in [0.2, 0.25) is 0 Å². The summed E-state index contributed by atoms with van der Waals surface area (Å²) in [6.45, 7) is 4.57. The van der Waals surface area contributed by atoms with Gasteiger partial charge in [-0.15, -0.1) is 0 Å². The van der Waals surface area contributed by atoms with E-state index in [1.54, 1.807) is 0 Å². The molecule has 2 N–H and O–H groups in total. The van der Waals surface area contributed by atoms with E-state index in [1.165, 1.54) is 38.5 Å². The molecule has 0 aromatic heterocycles. The average Bonchev–Trinajstić information content (AvgIpc) is 2.99. The van der Waals surface area contributed by atoms with Crippen LogP contribution in [0.3, 0.4) is 0 Å². The summed E-state index contributed by atoms with van der Waals surface area (Å²) in [5, 5.41) is 13.2. The second-order valence-corrected chi connectivity index (χ2v) is 7.31. The number of carbonyl (C=O) groups is 1. The van der Waals surface area contributed by atoms with E-state index in [-0.39, 0.29) is 0 Å². The minimum atomic E-state index is -0.698. The maximum atomic E-state index is 12.0. The van der Waals surface area contributed by atoms with Gasteiger partial charge in [0.15, 0.2) is 0 Å². The van der Waals surface area contributed by atoms with Gasteiger partial charge in [0.05, 0.1) is 0 Å². The van der Waals surface area contributed by atoms with Crippen LogP contribution >= 0.6 is 0 Å². The molecule has 2 saturated carbocycles. The molecular weight excluding hydrogens is 264 g/mol. The summed E-state index contributed by atoms with van der Waals surface area (Å²) in [5.74, 6) is 0.517. The van der Waals surface area contributed by atoms with Gasteiger partial charge in [0.25, 0.3) is 0 Å². The minimum Gasteiger partial charge on any atom is -0.480 e. The summed E-state index contributed by atoms with van der Waals surface area (Å²) >= 11 is 0. The molecule has 2 atom stereocenters. The van der Waals surface area contributed by atoms with E-state index in [0.717, 1.165) is 31.8 Å². The van der Waals surface area contributed by atoms with Crippen LogP contribution in [0.1, 0.15) is 58.3 Å². The number of hydrogen-bond acceptors (Lipinski definition) is 3. The van der Waals surface area contributed by atoms with Crippen LogP contribution in [0.5, 0.6) is 0 Å². The van der Waals surface area contributed by atoms with Crippen molar-refractivity contribution in [3.63, 3.8) is 0 Å². The van der Waals surface area contributed by atoms with Crippen molar-refractivity contribution in [2.45, 2.75) is 69.9 Å². The van der Waals surface area contributed by atoms with E-state index in [9.17, 15) is 9.90 Å². The van der Waals surface area contributed by atoms with Crippen molar-refractivity contribution in [1.29, 1.82) is 0 Å². The molecular formula is C17H30N2O2. The Morgan fingerprint density at radius 2 is 1.90 bits per heavy atom. The number of nitrogens with zero attached hydrogens (tertiary/aromatic N) is 1. The number of hydrogen-bond donors (Lipinski definition) is 2. The van der Waals surface area contributed by atoms with Gasteiger partial charge in [-0.2, -0.15) is 0 Å². The predicted octanol–water partition coefficient (Wildman–Crippen LogP) is 2.48. The molecule has 1 aliphatic heterocycles. The highest BCUT2D eigenvalue weighted by Gasteiger charge is 2.52. The number of carboxylic acids is 1. The van der Waals surface area contributed by atoms with Crippen LogP contribution in [-0.4, -0.2) is 47.2 Å². The number of carboxylic acid groups (broad SMARTS) is 1. The SMILES string of the molecule is CCNC(CN1CCCC1C1CCCC1)(C(=O)O)C1CC1. The lowest BCUT2D eigenvalue weighted by atomic mass is 9.90. The molecule has 0 amide bonds. The molecule has 0 radical (unpaired) electrons. The Kier molecular flexibility index (Phi) is 4.55. The Morgan fingerprint density at radius 1 is 1.19 bits per heavy atom. The molecule has 3 rings (SSSR count). The van der Waals surface area contributed by atoms with Crippen LogP contribution in [0.25, 0.3) is 0 Å². The van der Waals surface area contributed by atoms with Crippen LogP contribution < -0.4 is 5.32 Å². The molecule has 21 heavy (non-hydrogen) atoms. The quantitative estimate of drug-likeness (QED) is 0.757. The molecule has 3 aliphatic rings. The van der Waals surface area contributed by atoms with E-state index in [2.05, 4.69) is 10.2 Å². The lowest BCUT2D eigenvalue weighted by molar-refractivity contribution is -0.147. The van der Waals surface area contributed by atoms with E-state index in [0.29, 0.717) is 18.5 Å². The average molecular weight is 294 g/mol. The van der Waals surface area contributed by atoms with Crippen LogP contribution in [0.15, 0.2) is 0 Å². The predicted molar refractivity (Wildman–Crippen MR) is 83.3 cm³/mol. The number of rotatable bonds is 7. The van der Waals surface area contributed by atoms with E-state index < -0.39 is 11.5 Å². The topological polar surface area (TPSA) is 52.6 Å². The van der Waals surface area contributed by atoms with E-state index in [1.807, 2.05) is 6.92 Å². The minimum absolute atomic E-state index is 0.333. The molecule has 0 aromatic carbocycles. The summed E-state index contributed by atoms with van der Waals surface area (Å²) in [4.78, 5) is 14.5. The van der Waals surface area contributed by atoms with Crippen molar-refractivity contribution in [3.8, 4) is 0 Å². The van der Waals surface area contributed by atoms with Gasteiger partial charge in [-0.05, 0) is 63.5 Å². The van der Waals surface area contributed by atoms with Gasteiger partial charge in [-0.1, -0.05) is 19.8 Å². The normalized spacial score (nSPS) is 30.6. The Bertz CT molecular complexity index is 377. The summed E-state index contributed by atoms with van der Waals surface area (Å²) in [6, 6.07) is 0.642. The third kappa shape index (κ3) is 2.98. The first kappa shape index (κ1) is 15.3. The lowest BCUT2D eigenvalue weighted by Crippen LogP contribution is -2.61. The fourth-order valence-electron chi connectivity index (χ4n) is 4.78. The first-order valence-corrected chi connectivity index (χ1v) is 8.90. The first-order chi connectivity index (χ1) is 10.2. The molecule has 0 spiro atoms. The summed E-state index contributed by atoms with van der Waals surface area (Å²) < 4.78 is 0. The highest BCUT2D eigenvalue weighted by molar-refractivity contribution is 5.80. The second-order valence-electron chi connectivity index (χ2n) is 7.31. The maximum Gasteiger partial charge on any atom is 0.325 e. The van der Waals surface area contributed by atoms with E-state index >= 15 is 0 Å². The van der Waals surface area contributed by atoms with Crippen molar-refractivity contribution in [1.82, 2.24) is 10.2 Å². The molecule has 2 aliphatic carbocycles. The smallest absolute Gasteiger partial charge is 0.325 e. The van der Waals surface area contributed by atoms with Gasteiger partial charge in [-0.3, -0.25) is 9.69 Å².